The first-order chi connectivity index (χ1) is 10.6. The number of nitrogens with zero attached hydrogens (tertiary/aromatic N) is 2. The monoisotopic (exact) mass is 320 g/mol. The molecule has 1 aromatic heterocycles. The molecule has 2 aromatic rings. The second-order valence-electron chi connectivity index (χ2n) is 4.12. The summed E-state index contributed by atoms with van der Waals surface area (Å²) >= 11 is 1.32. The lowest BCUT2D eigenvalue weighted by atomic mass is 10.2. The number of hydrogen-bond donors (Lipinski definition) is 2. The number of benzene rings is 1. The summed E-state index contributed by atoms with van der Waals surface area (Å²) in [6, 6.07) is 6.72. The van der Waals surface area contributed by atoms with Crippen LogP contribution >= 0.6 is 11.8 Å². The Morgan fingerprint density at radius 2 is 2.18 bits per heavy atom. The van der Waals surface area contributed by atoms with Crippen molar-refractivity contribution in [2.45, 2.75) is 12.1 Å². The van der Waals surface area contributed by atoms with Gasteiger partial charge >= 0.3 is 0 Å². The van der Waals surface area contributed by atoms with E-state index in [1.54, 1.807) is 0 Å². The minimum absolute atomic E-state index is 0.0176. The van der Waals surface area contributed by atoms with E-state index in [9.17, 15) is 14.0 Å². The molecule has 1 heterocycles. The summed E-state index contributed by atoms with van der Waals surface area (Å²) in [5.74, 6) is -0.228. The van der Waals surface area contributed by atoms with Crippen LogP contribution in [0.15, 0.2) is 45.4 Å². The number of rotatable bonds is 5. The number of thioether (sulfide) groups is 1. The average Bonchev–Trinajstić information content (AvgIpc) is 2.49. The summed E-state index contributed by atoms with van der Waals surface area (Å²) in [4.78, 5) is 29.9. The Hall–Kier alpha value is -2.48. The van der Waals surface area contributed by atoms with Crippen LogP contribution in [0.2, 0.25) is 0 Å². The molecule has 0 aliphatic carbocycles. The predicted octanol–water partition coefficient (Wildman–Crippen LogP) is 1.78. The van der Waals surface area contributed by atoms with Crippen molar-refractivity contribution in [1.82, 2.24) is 15.4 Å². The van der Waals surface area contributed by atoms with Crippen molar-refractivity contribution in [1.29, 1.82) is 0 Å². The van der Waals surface area contributed by atoms with Crippen LogP contribution in [0.4, 0.5) is 4.39 Å². The molecule has 22 heavy (non-hydrogen) atoms. The first-order valence-corrected chi connectivity index (χ1v) is 7.40. The molecule has 1 aromatic carbocycles. The SMILES string of the molecule is CCSc1nc(C(=O)NN=Cc2ccc(F)cc2)cc(=O)[nH]1. The van der Waals surface area contributed by atoms with Gasteiger partial charge in [-0.15, -0.1) is 0 Å². The van der Waals surface area contributed by atoms with E-state index in [2.05, 4.69) is 20.5 Å². The van der Waals surface area contributed by atoms with Crippen LogP contribution in [0, 0.1) is 5.82 Å². The number of carbonyl (C=O) groups excluding carboxylic acids is 1. The highest BCUT2D eigenvalue weighted by Gasteiger charge is 2.09. The number of hydrazone groups is 1. The molecule has 0 saturated carbocycles. The third-order valence-electron chi connectivity index (χ3n) is 2.48. The number of aromatic amines is 1. The molecular formula is C14H13FN4O2S. The van der Waals surface area contributed by atoms with Crippen molar-refractivity contribution in [3.05, 3.63) is 57.8 Å². The Morgan fingerprint density at radius 3 is 2.86 bits per heavy atom. The molecule has 0 saturated heterocycles. The van der Waals surface area contributed by atoms with Gasteiger partial charge in [0.05, 0.1) is 6.21 Å². The second kappa shape index (κ2) is 7.51. The highest BCUT2D eigenvalue weighted by Crippen LogP contribution is 2.09. The average molecular weight is 320 g/mol. The third-order valence-corrected chi connectivity index (χ3v) is 3.24. The van der Waals surface area contributed by atoms with Crippen molar-refractivity contribution in [3.63, 3.8) is 0 Å². The van der Waals surface area contributed by atoms with Crippen molar-refractivity contribution in [2.24, 2.45) is 5.10 Å². The van der Waals surface area contributed by atoms with E-state index in [0.29, 0.717) is 10.7 Å². The smallest absolute Gasteiger partial charge is 0.290 e. The van der Waals surface area contributed by atoms with E-state index < -0.39 is 11.5 Å². The van der Waals surface area contributed by atoms with Gasteiger partial charge in [-0.3, -0.25) is 9.59 Å². The van der Waals surface area contributed by atoms with Gasteiger partial charge in [-0.1, -0.05) is 30.8 Å². The molecule has 2 N–H and O–H groups in total. The quantitative estimate of drug-likeness (QED) is 0.380. The molecular weight excluding hydrogens is 307 g/mol. The fourth-order valence-corrected chi connectivity index (χ4v) is 2.14. The van der Waals surface area contributed by atoms with Crippen LogP contribution < -0.4 is 11.0 Å². The predicted molar refractivity (Wildman–Crippen MR) is 82.7 cm³/mol. The fourth-order valence-electron chi connectivity index (χ4n) is 1.53. The van der Waals surface area contributed by atoms with Crippen LogP contribution in [0.5, 0.6) is 0 Å². The van der Waals surface area contributed by atoms with Gasteiger partial charge in [-0.2, -0.15) is 5.10 Å². The Kier molecular flexibility index (Phi) is 5.42. The lowest BCUT2D eigenvalue weighted by Crippen LogP contribution is -2.22. The highest BCUT2D eigenvalue weighted by molar-refractivity contribution is 7.99. The number of aromatic nitrogens is 2. The van der Waals surface area contributed by atoms with Crippen molar-refractivity contribution in [3.8, 4) is 0 Å². The van der Waals surface area contributed by atoms with Gasteiger partial charge in [-0.05, 0) is 23.4 Å². The van der Waals surface area contributed by atoms with E-state index in [-0.39, 0.29) is 11.5 Å². The largest absolute Gasteiger partial charge is 0.301 e. The van der Waals surface area contributed by atoms with Crippen LogP contribution in [-0.4, -0.2) is 27.8 Å². The van der Waals surface area contributed by atoms with Crippen molar-refractivity contribution in [2.75, 3.05) is 5.75 Å². The van der Waals surface area contributed by atoms with Gasteiger partial charge in [-0.25, -0.2) is 14.8 Å². The zero-order valence-electron chi connectivity index (χ0n) is 11.7. The molecule has 0 fully saturated rings. The molecule has 0 aliphatic rings. The number of hydrogen-bond acceptors (Lipinski definition) is 5. The fraction of sp³-hybridized carbons (Fsp3) is 0.143. The van der Waals surface area contributed by atoms with Gasteiger partial charge in [0.2, 0.25) is 0 Å². The molecule has 0 bridgehead atoms. The molecule has 2 rings (SSSR count). The second-order valence-corrected chi connectivity index (χ2v) is 5.37. The van der Waals surface area contributed by atoms with Crippen LogP contribution in [0.3, 0.4) is 0 Å². The Balaban J connectivity index is 2.05. The van der Waals surface area contributed by atoms with Gasteiger partial charge < -0.3 is 4.98 Å². The molecule has 1 amide bonds. The minimum atomic E-state index is -0.595. The Bertz CT molecular complexity index is 743. The number of H-pyrrole nitrogens is 1. The summed E-state index contributed by atoms with van der Waals surface area (Å²) in [5, 5.41) is 4.12. The number of amides is 1. The zero-order chi connectivity index (χ0) is 15.9. The lowest BCUT2D eigenvalue weighted by Gasteiger charge is -2.01. The summed E-state index contributed by atoms with van der Waals surface area (Å²) in [7, 11) is 0. The Labute approximate surface area is 129 Å². The standard InChI is InChI=1S/C14H13FN4O2S/c1-2-22-14-17-11(7-12(20)18-14)13(21)19-16-8-9-3-5-10(15)6-4-9/h3-8H,2H2,1H3,(H,19,21)(H,17,18,20). The molecule has 114 valence electrons. The minimum Gasteiger partial charge on any atom is -0.301 e. The lowest BCUT2D eigenvalue weighted by molar-refractivity contribution is 0.0949. The normalized spacial score (nSPS) is 10.8. The van der Waals surface area contributed by atoms with Crippen molar-refractivity contribution < 1.29 is 9.18 Å². The van der Waals surface area contributed by atoms with Crippen LogP contribution in [0.1, 0.15) is 23.0 Å². The van der Waals surface area contributed by atoms with Crippen LogP contribution in [-0.2, 0) is 0 Å². The maximum Gasteiger partial charge on any atom is 0.290 e. The third kappa shape index (κ3) is 4.52. The number of carbonyl (C=O) groups is 1. The number of nitrogens with one attached hydrogen (secondary N) is 2. The van der Waals surface area contributed by atoms with E-state index in [0.717, 1.165) is 11.8 Å². The number of halogens is 1. The van der Waals surface area contributed by atoms with E-state index in [1.165, 1.54) is 42.2 Å². The summed E-state index contributed by atoms with van der Waals surface area (Å²) in [6.45, 7) is 1.91. The van der Waals surface area contributed by atoms with E-state index in [4.69, 9.17) is 0 Å². The zero-order valence-corrected chi connectivity index (χ0v) is 12.5. The molecule has 0 unspecified atom stereocenters. The molecule has 0 atom stereocenters. The molecule has 0 radical (unpaired) electrons. The molecule has 0 spiro atoms. The van der Waals surface area contributed by atoms with E-state index in [1.807, 2.05) is 6.92 Å². The van der Waals surface area contributed by atoms with E-state index >= 15 is 0 Å². The van der Waals surface area contributed by atoms with Gasteiger partial charge in [0, 0.05) is 6.07 Å². The maximum absolute atomic E-state index is 12.7. The Morgan fingerprint density at radius 1 is 1.45 bits per heavy atom. The van der Waals surface area contributed by atoms with Gasteiger partial charge in [0.25, 0.3) is 11.5 Å². The summed E-state index contributed by atoms with van der Waals surface area (Å²) in [5.41, 5.74) is 2.48. The molecule has 6 nitrogen and oxygen atoms in total. The first kappa shape index (κ1) is 15.9. The maximum atomic E-state index is 12.7. The highest BCUT2D eigenvalue weighted by atomic mass is 32.2. The van der Waals surface area contributed by atoms with Crippen molar-refractivity contribution >= 4 is 23.9 Å². The van der Waals surface area contributed by atoms with Crippen LogP contribution in [0.25, 0.3) is 0 Å². The van der Waals surface area contributed by atoms with Gasteiger partial charge in [0.15, 0.2) is 5.16 Å². The molecule has 0 aliphatic heterocycles. The molecule has 8 heteroatoms. The summed E-state index contributed by atoms with van der Waals surface area (Å²) < 4.78 is 12.7. The summed E-state index contributed by atoms with van der Waals surface area (Å²) in [6.07, 6.45) is 1.37. The van der Waals surface area contributed by atoms with Gasteiger partial charge in [0.1, 0.15) is 11.5 Å². The first-order valence-electron chi connectivity index (χ1n) is 6.41. The topological polar surface area (TPSA) is 87.2 Å².